The zero-order valence-corrected chi connectivity index (χ0v) is 30.5. The van der Waals surface area contributed by atoms with Crippen LogP contribution in [0.4, 0.5) is 34.1 Å². The van der Waals surface area contributed by atoms with Crippen LogP contribution in [0.3, 0.4) is 0 Å². The van der Waals surface area contributed by atoms with Crippen LogP contribution in [0.25, 0.3) is 24.3 Å². The van der Waals surface area contributed by atoms with E-state index >= 15 is 0 Å². The second kappa shape index (κ2) is 15.9. The highest BCUT2D eigenvalue weighted by molar-refractivity contribution is 9.10. The minimum Gasteiger partial charge on any atom is -0.311 e. The van der Waals surface area contributed by atoms with E-state index in [1.54, 1.807) is 0 Å². The molecular formula is C46H34Br2N2. The molecule has 7 rings (SSSR count). The maximum absolute atomic E-state index is 3.56. The van der Waals surface area contributed by atoms with E-state index in [0.717, 1.165) is 65.3 Å². The molecule has 0 atom stereocenters. The molecule has 0 unspecified atom stereocenters. The number of halogens is 2. The van der Waals surface area contributed by atoms with Gasteiger partial charge in [0.15, 0.2) is 0 Å². The van der Waals surface area contributed by atoms with Crippen molar-refractivity contribution in [3.8, 4) is 0 Å². The van der Waals surface area contributed by atoms with Crippen molar-refractivity contribution >= 4 is 90.3 Å². The summed E-state index contributed by atoms with van der Waals surface area (Å²) in [5, 5.41) is 0. The third-order valence-corrected chi connectivity index (χ3v) is 9.43. The molecule has 50 heavy (non-hydrogen) atoms. The van der Waals surface area contributed by atoms with Crippen LogP contribution in [-0.2, 0) is 0 Å². The summed E-state index contributed by atoms with van der Waals surface area (Å²) in [5.74, 6) is 0. The molecular weight excluding hydrogens is 740 g/mol. The topological polar surface area (TPSA) is 6.48 Å². The van der Waals surface area contributed by atoms with E-state index in [1.807, 2.05) is 12.1 Å². The quantitative estimate of drug-likeness (QED) is 0.128. The van der Waals surface area contributed by atoms with Crippen molar-refractivity contribution in [1.29, 1.82) is 0 Å². The maximum atomic E-state index is 3.56. The zero-order valence-electron chi connectivity index (χ0n) is 27.3. The smallest absolute Gasteiger partial charge is 0.0462 e. The highest BCUT2D eigenvalue weighted by Crippen LogP contribution is 2.36. The molecule has 0 bridgehead atoms. The number of hydrogen-bond acceptors (Lipinski definition) is 2. The molecule has 0 aromatic heterocycles. The molecule has 0 aliphatic carbocycles. The van der Waals surface area contributed by atoms with Gasteiger partial charge in [-0.1, -0.05) is 141 Å². The van der Waals surface area contributed by atoms with Crippen LogP contribution in [0.15, 0.2) is 191 Å². The van der Waals surface area contributed by atoms with Crippen molar-refractivity contribution < 1.29 is 0 Å². The van der Waals surface area contributed by atoms with Gasteiger partial charge >= 0.3 is 0 Å². The van der Waals surface area contributed by atoms with Crippen LogP contribution in [0.1, 0.15) is 22.3 Å². The predicted octanol–water partition coefficient (Wildman–Crippen LogP) is 14.5. The molecule has 0 N–H and O–H groups in total. The molecule has 4 heteroatoms. The lowest BCUT2D eigenvalue weighted by molar-refractivity contribution is 1.28. The second-order valence-corrected chi connectivity index (χ2v) is 13.6. The van der Waals surface area contributed by atoms with E-state index in [9.17, 15) is 0 Å². The SMILES string of the molecule is Brc1ccc(N(c2ccccc2)c2ccc(/C=C/c3ccc(/C=C/c4ccc(N(c5ccccc5)c5ccc(Br)cc5)cc4)cc3)cc2)cc1. The van der Waals surface area contributed by atoms with Crippen molar-refractivity contribution in [2.24, 2.45) is 0 Å². The van der Waals surface area contributed by atoms with Gasteiger partial charge in [0.05, 0.1) is 0 Å². The number of hydrogen-bond donors (Lipinski definition) is 0. The van der Waals surface area contributed by atoms with E-state index in [4.69, 9.17) is 0 Å². The van der Waals surface area contributed by atoms with Gasteiger partial charge in [0.25, 0.3) is 0 Å². The Morgan fingerprint density at radius 1 is 0.260 bits per heavy atom. The third-order valence-electron chi connectivity index (χ3n) is 8.37. The molecule has 242 valence electrons. The zero-order chi connectivity index (χ0) is 34.1. The van der Waals surface area contributed by atoms with Gasteiger partial charge in [-0.2, -0.15) is 0 Å². The Bertz CT molecular complexity index is 2010. The number of rotatable bonds is 10. The molecule has 0 aliphatic heterocycles. The summed E-state index contributed by atoms with van der Waals surface area (Å²) in [7, 11) is 0. The largest absolute Gasteiger partial charge is 0.311 e. The summed E-state index contributed by atoms with van der Waals surface area (Å²) >= 11 is 7.12. The Kier molecular flexibility index (Phi) is 10.5. The highest BCUT2D eigenvalue weighted by atomic mass is 79.9. The molecule has 0 fully saturated rings. The van der Waals surface area contributed by atoms with Crippen LogP contribution in [-0.4, -0.2) is 0 Å². The molecule has 0 amide bonds. The molecule has 0 heterocycles. The number of para-hydroxylation sites is 2. The first-order valence-electron chi connectivity index (χ1n) is 16.5. The van der Waals surface area contributed by atoms with Crippen LogP contribution < -0.4 is 9.80 Å². The summed E-state index contributed by atoms with van der Waals surface area (Å²) in [5.41, 5.74) is 11.3. The molecule has 0 aliphatic rings. The van der Waals surface area contributed by atoms with Crippen molar-refractivity contribution in [1.82, 2.24) is 0 Å². The Balaban J connectivity index is 1.02. The summed E-state index contributed by atoms with van der Waals surface area (Å²) in [4.78, 5) is 4.54. The highest BCUT2D eigenvalue weighted by Gasteiger charge is 2.13. The lowest BCUT2D eigenvalue weighted by atomic mass is 10.1. The molecule has 0 saturated carbocycles. The minimum absolute atomic E-state index is 1.06. The van der Waals surface area contributed by atoms with Gasteiger partial charge in [-0.15, -0.1) is 0 Å². The van der Waals surface area contributed by atoms with E-state index < -0.39 is 0 Å². The van der Waals surface area contributed by atoms with Gasteiger partial charge in [0.1, 0.15) is 0 Å². The molecule has 2 nitrogen and oxygen atoms in total. The van der Waals surface area contributed by atoms with Crippen molar-refractivity contribution in [3.05, 3.63) is 213 Å². The van der Waals surface area contributed by atoms with Crippen LogP contribution in [0.2, 0.25) is 0 Å². The fourth-order valence-electron chi connectivity index (χ4n) is 5.80. The first-order valence-corrected chi connectivity index (χ1v) is 18.1. The van der Waals surface area contributed by atoms with Gasteiger partial charge in [0.2, 0.25) is 0 Å². The van der Waals surface area contributed by atoms with Crippen LogP contribution >= 0.6 is 31.9 Å². The molecule has 7 aromatic rings. The van der Waals surface area contributed by atoms with Crippen molar-refractivity contribution in [3.63, 3.8) is 0 Å². The van der Waals surface area contributed by atoms with Crippen LogP contribution in [0.5, 0.6) is 0 Å². The summed E-state index contributed by atoms with van der Waals surface area (Å²) < 4.78 is 2.13. The van der Waals surface area contributed by atoms with Crippen molar-refractivity contribution in [2.45, 2.75) is 0 Å². The fourth-order valence-corrected chi connectivity index (χ4v) is 6.33. The number of nitrogens with zero attached hydrogens (tertiary/aromatic N) is 2. The van der Waals surface area contributed by atoms with Gasteiger partial charge < -0.3 is 9.80 Å². The molecule has 0 saturated heterocycles. The van der Waals surface area contributed by atoms with E-state index in [1.165, 1.54) is 0 Å². The Morgan fingerprint density at radius 3 is 0.760 bits per heavy atom. The van der Waals surface area contributed by atoms with Gasteiger partial charge in [0, 0.05) is 43.1 Å². The van der Waals surface area contributed by atoms with Gasteiger partial charge in [-0.25, -0.2) is 0 Å². The van der Waals surface area contributed by atoms with Gasteiger partial charge in [-0.05, 0) is 119 Å². The Hall–Kier alpha value is -5.42. The molecule has 0 radical (unpaired) electrons. The lowest BCUT2D eigenvalue weighted by Gasteiger charge is -2.25. The first kappa shape index (κ1) is 33.1. The normalized spacial score (nSPS) is 11.2. The van der Waals surface area contributed by atoms with E-state index in [2.05, 4.69) is 236 Å². The summed E-state index contributed by atoms with van der Waals surface area (Å²) in [6.07, 6.45) is 8.65. The average molecular weight is 775 g/mol. The molecule has 0 spiro atoms. The first-order chi connectivity index (χ1) is 24.6. The Labute approximate surface area is 311 Å². The fraction of sp³-hybridized carbons (Fsp3) is 0. The number of benzene rings is 7. The molecule has 7 aromatic carbocycles. The lowest BCUT2D eigenvalue weighted by Crippen LogP contribution is -2.09. The summed E-state index contributed by atoms with van der Waals surface area (Å²) in [6.45, 7) is 0. The van der Waals surface area contributed by atoms with E-state index in [0.29, 0.717) is 0 Å². The maximum Gasteiger partial charge on any atom is 0.0462 e. The third kappa shape index (κ3) is 8.23. The number of anilines is 6. The second-order valence-electron chi connectivity index (χ2n) is 11.8. The monoisotopic (exact) mass is 772 g/mol. The Morgan fingerprint density at radius 2 is 0.480 bits per heavy atom. The standard InChI is InChI=1S/C46H34Br2N2/c47-39-23-31-45(32-24-39)49(41-7-3-1-4-8-41)43-27-19-37(20-28-43)17-15-35-11-13-36(14-12-35)16-18-38-21-29-44(30-22-38)50(42-9-5-2-6-10-42)46-33-25-40(48)26-34-46/h1-34H/b17-15+,18-16+. The minimum atomic E-state index is 1.06. The van der Waals surface area contributed by atoms with E-state index in [-0.39, 0.29) is 0 Å². The summed E-state index contributed by atoms with van der Waals surface area (Å²) in [6, 6.07) is 63.8. The van der Waals surface area contributed by atoms with Crippen LogP contribution in [0, 0.1) is 0 Å². The predicted molar refractivity (Wildman–Crippen MR) is 222 cm³/mol. The van der Waals surface area contributed by atoms with Gasteiger partial charge in [-0.3, -0.25) is 0 Å². The van der Waals surface area contributed by atoms with Crippen molar-refractivity contribution in [2.75, 3.05) is 9.80 Å². The average Bonchev–Trinajstić information content (AvgIpc) is 3.17.